The molecule has 0 aromatic heterocycles. The van der Waals surface area contributed by atoms with Crippen LogP contribution in [0, 0.1) is 22.7 Å². The summed E-state index contributed by atoms with van der Waals surface area (Å²) in [7, 11) is -4.63. The van der Waals surface area contributed by atoms with E-state index in [1.807, 2.05) is 0 Å². The van der Waals surface area contributed by atoms with E-state index >= 15 is 0 Å². The smallest absolute Gasteiger partial charge is 0.872 e. The van der Waals surface area contributed by atoms with E-state index in [4.69, 9.17) is 4.55 Å². The second kappa shape index (κ2) is 14.3. The third kappa shape index (κ3) is 9.10. The van der Waals surface area contributed by atoms with Crippen molar-refractivity contribution in [3.05, 3.63) is 58.9 Å². The van der Waals surface area contributed by atoms with E-state index in [0.29, 0.717) is 54.2 Å². The van der Waals surface area contributed by atoms with E-state index < -0.39 is 16.5 Å². The van der Waals surface area contributed by atoms with E-state index in [1.165, 1.54) is 43.0 Å². The molecule has 0 saturated heterocycles. The monoisotopic (exact) mass is 584 g/mol. The van der Waals surface area contributed by atoms with Gasteiger partial charge in [0.25, 0.3) is 0 Å². The Morgan fingerprint density at radius 2 is 1.93 bits per heavy atom. The standard InChI is InChI=1S/C31H46O7S.Na/c1-21-8-16-29-30(3,4)17-6-18-31(29,5)26(21)13-9-23(20-38-39(35,36)37)10-14-27(33)22(2)7-11-24-19-25(32)12-15-28(24)34;/h7-8,12,15,19-20,26-27,29,32-34H,6,9-11,13-14,16-18H2,1-5H3,(H,35,36,37);/q;+1/p-1/b22-7+,23-20-;/t26-,27?,29-,31+;/m0./s1. The Bertz CT molecular complexity index is 1220. The SMILES string of the molecule is CC1=CC[C@H]2C(C)(C)CCC[C@]2(C)[C@H]1CC/C(=C/OS(=O)(=O)O)CCC(O)/C(C)=C/Cc1cc([O-])ccc1O.[Na+]. The van der Waals surface area contributed by atoms with Crippen molar-refractivity contribution >= 4 is 10.4 Å². The zero-order valence-corrected chi connectivity index (χ0v) is 27.8. The maximum atomic E-state index is 11.6. The van der Waals surface area contributed by atoms with Gasteiger partial charge in [-0.2, -0.15) is 8.42 Å². The molecule has 1 unspecified atom stereocenters. The Morgan fingerprint density at radius 3 is 2.60 bits per heavy atom. The molecule has 40 heavy (non-hydrogen) atoms. The number of benzene rings is 1. The van der Waals surface area contributed by atoms with Crippen LogP contribution in [0.3, 0.4) is 0 Å². The number of hydrogen-bond donors (Lipinski definition) is 3. The average Bonchev–Trinajstić information content (AvgIpc) is 2.83. The Labute approximate surface area is 262 Å². The van der Waals surface area contributed by atoms with Gasteiger partial charge in [0.2, 0.25) is 0 Å². The van der Waals surface area contributed by atoms with Gasteiger partial charge in [0.15, 0.2) is 0 Å². The third-order valence-electron chi connectivity index (χ3n) is 9.35. The summed E-state index contributed by atoms with van der Waals surface area (Å²) in [5.74, 6) is 0.791. The van der Waals surface area contributed by atoms with Gasteiger partial charge in [-0.05, 0) is 111 Å². The van der Waals surface area contributed by atoms with Gasteiger partial charge in [0, 0.05) is 0 Å². The molecule has 1 aromatic carbocycles. The first kappa shape index (κ1) is 34.9. The molecule has 3 N–H and O–H groups in total. The molecule has 1 fully saturated rings. The quantitative estimate of drug-likeness (QED) is 0.158. The zero-order chi connectivity index (χ0) is 29.0. The largest absolute Gasteiger partial charge is 1.00 e. The predicted octanol–water partition coefficient (Wildman–Crippen LogP) is 3.38. The fraction of sp³-hybridized carbons (Fsp3) is 0.613. The third-order valence-corrected chi connectivity index (χ3v) is 9.69. The second-order valence-corrected chi connectivity index (χ2v) is 13.5. The summed E-state index contributed by atoms with van der Waals surface area (Å²) in [6, 6.07) is 4.04. The number of fused-ring (bicyclic) bond motifs is 1. The average molecular weight is 585 g/mol. The van der Waals surface area contributed by atoms with Gasteiger partial charge in [0.1, 0.15) is 12.0 Å². The molecule has 9 heteroatoms. The first-order valence-electron chi connectivity index (χ1n) is 14.0. The first-order chi connectivity index (χ1) is 18.1. The topological polar surface area (TPSA) is 127 Å². The molecule has 0 bridgehead atoms. The van der Waals surface area contributed by atoms with Gasteiger partial charge in [-0.15, -0.1) is 5.75 Å². The molecule has 0 radical (unpaired) electrons. The van der Waals surface area contributed by atoms with Crippen molar-refractivity contribution in [1.29, 1.82) is 0 Å². The van der Waals surface area contributed by atoms with Crippen LogP contribution in [-0.4, -0.2) is 29.3 Å². The van der Waals surface area contributed by atoms with Crippen molar-refractivity contribution in [2.45, 2.75) is 98.5 Å². The molecule has 4 atom stereocenters. The van der Waals surface area contributed by atoms with Gasteiger partial charge < -0.3 is 19.5 Å². The van der Waals surface area contributed by atoms with Crippen molar-refractivity contribution in [2.24, 2.45) is 22.7 Å². The number of hydrogen-bond acceptors (Lipinski definition) is 6. The van der Waals surface area contributed by atoms with Crippen LogP contribution >= 0.6 is 0 Å². The van der Waals surface area contributed by atoms with Gasteiger partial charge in [0.05, 0.1) is 6.10 Å². The molecular weight excluding hydrogens is 539 g/mol. The number of aliphatic hydroxyl groups is 1. The normalized spacial score (nSPS) is 25.8. The number of allylic oxidation sites excluding steroid dienone is 4. The van der Waals surface area contributed by atoms with Crippen LogP contribution in [-0.2, 0) is 21.0 Å². The number of aliphatic hydroxyl groups excluding tert-OH is 1. The van der Waals surface area contributed by atoms with E-state index in [0.717, 1.165) is 19.1 Å². The van der Waals surface area contributed by atoms with Crippen molar-refractivity contribution in [3.63, 3.8) is 0 Å². The Morgan fingerprint density at radius 1 is 1.23 bits per heavy atom. The summed E-state index contributed by atoms with van der Waals surface area (Å²) in [6.45, 7) is 11.1. The summed E-state index contributed by atoms with van der Waals surface area (Å²) in [4.78, 5) is 0. The fourth-order valence-electron chi connectivity index (χ4n) is 7.08. The van der Waals surface area contributed by atoms with Crippen molar-refractivity contribution in [1.82, 2.24) is 0 Å². The molecule has 2 aliphatic rings. The van der Waals surface area contributed by atoms with Gasteiger partial charge in [-0.1, -0.05) is 57.0 Å². The fourth-order valence-corrected chi connectivity index (χ4v) is 7.34. The summed E-state index contributed by atoms with van der Waals surface area (Å²) in [5.41, 5.74) is 3.71. The minimum atomic E-state index is -4.63. The molecular formula is C31H45NaO7S. The van der Waals surface area contributed by atoms with Crippen LogP contribution in [0.15, 0.2) is 53.3 Å². The number of rotatable bonds is 11. The van der Waals surface area contributed by atoms with Crippen molar-refractivity contribution in [3.8, 4) is 11.5 Å². The molecule has 1 aromatic rings. The Hall–Kier alpha value is -1.29. The van der Waals surface area contributed by atoms with Crippen LogP contribution in [0.5, 0.6) is 11.5 Å². The van der Waals surface area contributed by atoms with Crippen LogP contribution in [0.1, 0.15) is 91.5 Å². The Kier molecular flexibility index (Phi) is 12.4. The van der Waals surface area contributed by atoms with E-state index in [9.17, 15) is 23.7 Å². The van der Waals surface area contributed by atoms with Gasteiger partial charge in [-0.25, -0.2) is 0 Å². The summed E-state index contributed by atoms with van der Waals surface area (Å²) < 4.78 is 36.4. The summed E-state index contributed by atoms with van der Waals surface area (Å²) in [5, 5.41) is 32.3. The van der Waals surface area contributed by atoms with Crippen LogP contribution in [0.25, 0.3) is 0 Å². The molecule has 2 aliphatic carbocycles. The molecule has 1 saturated carbocycles. The van der Waals surface area contributed by atoms with E-state index in [-0.39, 0.29) is 51.9 Å². The number of phenols is 1. The van der Waals surface area contributed by atoms with Crippen molar-refractivity contribution < 1.29 is 62.0 Å². The molecule has 0 spiro atoms. The molecule has 0 heterocycles. The predicted molar refractivity (Wildman–Crippen MR) is 151 cm³/mol. The second-order valence-electron chi connectivity index (χ2n) is 12.5. The Balaban J connectivity index is 0.00000560. The number of phenolic OH excluding ortho intramolecular Hbond substituents is 1. The van der Waals surface area contributed by atoms with Crippen LogP contribution in [0.2, 0.25) is 0 Å². The molecule has 7 nitrogen and oxygen atoms in total. The van der Waals surface area contributed by atoms with Gasteiger partial charge >= 0.3 is 40.0 Å². The van der Waals surface area contributed by atoms with Crippen LogP contribution < -0.4 is 34.7 Å². The maximum absolute atomic E-state index is 11.6. The minimum Gasteiger partial charge on any atom is -0.872 e. The molecule has 0 amide bonds. The summed E-state index contributed by atoms with van der Waals surface area (Å²) >= 11 is 0. The van der Waals surface area contributed by atoms with Crippen molar-refractivity contribution in [2.75, 3.05) is 0 Å². The van der Waals surface area contributed by atoms with E-state index in [2.05, 4.69) is 38.0 Å². The number of aromatic hydroxyl groups is 1. The zero-order valence-electron chi connectivity index (χ0n) is 24.9. The molecule has 0 aliphatic heterocycles. The van der Waals surface area contributed by atoms with Crippen LogP contribution in [0.4, 0.5) is 0 Å². The minimum absolute atomic E-state index is 0. The van der Waals surface area contributed by atoms with E-state index in [1.54, 1.807) is 13.0 Å². The summed E-state index contributed by atoms with van der Waals surface area (Å²) in [6.07, 6.45) is 11.6. The van der Waals surface area contributed by atoms with Gasteiger partial charge in [-0.3, -0.25) is 4.55 Å². The molecule has 3 rings (SSSR count). The maximum Gasteiger partial charge on any atom is 1.00 e. The molecule has 218 valence electrons. The first-order valence-corrected chi connectivity index (χ1v) is 15.3.